The first kappa shape index (κ1) is 25.9. The van der Waals surface area contributed by atoms with Gasteiger partial charge in [0.25, 0.3) is 5.91 Å². The summed E-state index contributed by atoms with van der Waals surface area (Å²) < 4.78 is 5.37. The molecule has 0 radical (unpaired) electrons. The van der Waals surface area contributed by atoms with Crippen molar-refractivity contribution in [2.45, 2.75) is 45.7 Å². The first-order chi connectivity index (χ1) is 17.9. The van der Waals surface area contributed by atoms with Crippen molar-refractivity contribution in [3.63, 3.8) is 0 Å². The number of amides is 2. The van der Waals surface area contributed by atoms with Gasteiger partial charge in [-0.2, -0.15) is 0 Å². The molecule has 1 aliphatic heterocycles. The molecule has 4 rings (SSSR count). The van der Waals surface area contributed by atoms with Gasteiger partial charge in [-0.15, -0.1) is 0 Å². The van der Waals surface area contributed by atoms with Crippen molar-refractivity contribution in [3.8, 4) is 0 Å². The van der Waals surface area contributed by atoms with Gasteiger partial charge in [0, 0.05) is 23.6 Å². The summed E-state index contributed by atoms with van der Waals surface area (Å²) in [5.41, 5.74) is 4.32. The molecule has 190 valence electrons. The quantitative estimate of drug-likeness (QED) is 0.416. The Hall–Kier alpha value is -4.19. The van der Waals surface area contributed by atoms with Gasteiger partial charge in [-0.25, -0.2) is 4.79 Å². The van der Waals surface area contributed by atoms with Gasteiger partial charge in [0.2, 0.25) is 5.91 Å². The van der Waals surface area contributed by atoms with Crippen LogP contribution < -0.4 is 5.32 Å². The summed E-state index contributed by atoms with van der Waals surface area (Å²) in [4.78, 5) is 40.9. The largest absolute Gasteiger partial charge is 0.463 e. The van der Waals surface area contributed by atoms with Crippen molar-refractivity contribution in [2.75, 3.05) is 6.61 Å². The Morgan fingerprint density at radius 2 is 1.68 bits per heavy atom. The maximum atomic E-state index is 13.3. The zero-order chi connectivity index (χ0) is 26.4. The third-order valence-electron chi connectivity index (χ3n) is 6.70. The summed E-state index contributed by atoms with van der Waals surface area (Å²) in [5, 5.41) is 3.03. The van der Waals surface area contributed by atoms with Crippen LogP contribution in [0.3, 0.4) is 0 Å². The normalized spacial score (nSPS) is 16.4. The minimum atomic E-state index is -0.408. The number of carbonyl (C=O) groups is 3. The van der Waals surface area contributed by atoms with Crippen LogP contribution in [0.15, 0.2) is 96.2 Å². The van der Waals surface area contributed by atoms with Gasteiger partial charge in [0.1, 0.15) is 0 Å². The second-order valence-corrected chi connectivity index (χ2v) is 9.17. The molecule has 2 unspecified atom stereocenters. The molecule has 1 N–H and O–H groups in total. The molecule has 6 heteroatoms. The molecule has 3 aromatic carbocycles. The van der Waals surface area contributed by atoms with E-state index in [4.69, 9.17) is 4.74 Å². The van der Waals surface area contributed by atoms with E-state index in [1.165, 1.54) is 0 Å². The fraction of sp³-hybridized carbons (Fsp3) is 0.258. The van der Waals surface area contributed by atoms with Crippen LogP contribution in [-0.4, -0.2) is 29.3 Å². The van der Waals surface area contributed by atoms with Gasteiger partial charge in [-0.3, -0.25) is 9.59 Å². The molecule has 3 aromatic rings. The van der Waals surface area contributed by atoms with Crippen LogP contribution in [0.1, 0.15) is 66.2 Å². The third-order valence-corrected chi connectivity index (χ3v) is 6.70. The monoisotopic (exact) mass is 496 g/mol. The predicted octanol–water partition coefficient (Wildman–Crippen LogP) is 5.53. The lowest BCUT2D eigenvalue weighted by atomic mass is 9.83. The van der Waals surface area contributed by atoms with Crippen molar-refractivity contribution in [2.24, 2.45) is 0 Å². The smallest absolute Gasteiger partial charge is 0.336 e. The number of nitrogens with zero attached hydrogens (tertiary/aromatic N) is 1. The van der Waals surface area contributed by atoms with Crippen molar-refractivity contribution in [1.29, 1.82) is 0 Å². The molecular weight excluding hydrogens is 464 g/mol. The van der Waals surface area contributed by atoms with E-state index in [0.29, 0.717) is 16.8 Å². The van der Waals surface area contributed by atoms with E-state index in [-0.39, 0.29) is 43.3 Å². The Labute approximate surface area is 218 Å². The van der Waals surface area contributed by atoms with Crippen LogP contribution in [-0.2, 0) is 20.9 Å². The number of carbonyl (C=O) groups excluding carboxylic acids is 3. The molecule has 37 heavy (non-hydrogen) atoms. The number of ether oxygens (including phenoxy) is 1. The highest BCUT2D eigenvalue weighted by molar-refractivity contribution is 5.96. The first-order valence-electron chi connectivity index (χ1n) is 12.6. The molecule has 0 saturated carbocycles. The third kappa shape index (κ3) is 5.97. The fourth-order valence-corrected chi connectivity index (χ4v) is 4.75. The summed E-state index contributed by atoms with van der Waals surface area (Å²) in [6, 6.07) is 26.4. The molecule has 0 aliphatic carbocycles. The van der Waals surface area contributed by atoms with Crippen LogP contribution in [0.2, 0.25) is 0 Å². The van der Waals surface area contributed by atoms with Gasteiger partial charge in [0.15, 0.2) is 0 Å². The average Bonchev–Trinajstić information content (AvgIpc) is 2.92. The highest BCUT2D eigenvalue weighted by Gasteiger charge is 2.36. The van der Waals surface area contributed by atoms with E-state index in [0.717, 1.165) is 16.7 Å². The molecule has 1 aliphatic rings. The highest BCUT2D eigenvalue weighted by Crippen LogP contribution is 2.37. The number of nitrogens with one attached hydrogen (secondary N) is 1. The van der Waals surface area contributed by atoms with Gasteiger partial charge >= 0.3 is 5.97 Å². The minimum absolute atomic E-state index is 0.0769. The van der Waals surface area contributed by atoms with Crippen molar-refractivity contribution >= 4 is 17.8 Å². The van der Waals surface area contributed by atoms with Crippen molar-refractivity contribution in [3.05, 3.63) is 118 Å². The summed E-state index contributed by atoms with van der Waals surface area (Å²) in [7, 11) is 0. The molecule has 0 fully saturated rings. The molecule has 2 amide bonds. The number of allylic oxidation sites excluding steroid dienone is 1. The number of rotatable bonds is 8. The topological polar surface area (TPSA) is 75.7 Å². The second-order valence-electron chi connectivity index (χ2n) is 9.17. The zero-order valence-electron chi connectivity index (χ0n) is 21.4. The molecule has 0 bridgehead atoms. The lowest BCUT2D eigenvalue weighted by Gasteiger charge is -2.34. The molecule has 1 heterocycles. The maximum Gasteiger partial charge on any atom is 0.336 e. The Kier molecular flexibility index (Phi) is 8.18. The Balaban J connectivity index is 1.58. The Morgan fingerprint density at radius 3 is 2.35 bits per heavy atom. The molecule has 0 saturated heterocycles. The van der Waals surface area contributed by atoms with E-state index in [1.54, 1.807) is 30.9 Å². The van der Waals surface area contributed by atoms with E-state index < -0.39 is 5.97 Å². The van der Waals surface area contributed by atoms with Gasteiger partial charge < -0.3 is 15.0 Å². The van der Waals surface area contributed by atoms with Crippen LogP contribution in [0.4, 0.5) is 0 Å². The van der Waals surface area contributed by atoms with Crippen LogP contribution >= 0.6 is 0 Å². The lowest BCUT2D eigenvalue weighted by Crippen LogP contribution is -2.38. The molecule has 2 atom stereocenters. The first-order valence-corrected chi connectivity index (χ1v) is 12.6. The van der Waals surface area contributed by atoms with Crippen LogP contribution in [0, 0.1) is 0 Å². The standard InChI is InChI=1S/C31H32N2O4/c1-4-37-31(36)29-22(3)33(28(34)19-27(29)25-15-9-6-10-16-25)20-23-12-11-17-26(18-23)30(35)32-21(2)24-13-7-5-8-14-24/h5-18,21,27H,4,19-20H2,1-3H3,(H,32,35). The number of esters is 1. The lowest BCUT2D eigenvalue weighted by molar-refractivity contribution is -0.140. The van der Waals surface area contributed by atoms with E-state index in [9.17, 15) is 14.4 Å². The summed E-state index contributed by atoms with van der Waals surface area (Å²) in [6.07, 6.45) is 0.171. The average molecular weight is 497 g/mol. The summed E-state index contributed by atoms with van der Waals surface area (Å²) in [5.74, 6) is -1.03. The SMILES string of the molecule is CCOC(=O)C1=C(C)N(Cc2cccc(C(=O)NC(C)c3ccccc3)c2)C(=O)CC1c1ccccc1. The van der Waals surface area contributed by atoms with E-state index in [2.05, 4.69) is 5.32 Å². The van der Waals surface area contributed by atoms with Gasteiger partial charge in [0.05, 0.1) is 24.8 Å². The second kappa shape index (κ2) is 11.7. The van der Waals surface area contributed by atoms with Gasteiger partial charge in [-0.05, 0) is 49.6 Å². The fourth-order valence-electron chi connectivity index (χ4n) is 4.75. The summed E-state index contributed by atoms with van der Waals surface area (Å²) >= 11 is 0. The van der Waals surface area contributed by atoms with Gasteiger partial charge in [-0.1, -0.05) is 72.8 Å². The van der Waals surface area contributed by atoms with Crippen molar-refractivity contribution < 1.29 is 19.1 Å². The minimum Gasteiger partial charge on any atom is -0.463 e. The molecule has 6 nitrogen and oxygen atoms in total. The Bertz CT molecular complexity index is 1300. The highest BCUT2D eigenvalue weighted by atomic mass is 16.5. The van der Waals surface area contributed by atoms with Crippen molar-refractivity contribution in [1.82, 2.24) is 10.2 Å². The zero-order valence-corrected chi connectivity index (χ0v) is 21.4. The van der Waals surface area contributed by atoms with Crippen LogP contribution in [0.5, 0.6) is 0 Å². The number of hydrogen-bond acceptors (Lipinski definition) is 4. The van der Waals surface area contributed by atoms with Crippen LogP contribution in [0.25, 0.3) is 0 Å². The summed E-state index contributed by atoms with van der Waals surface area (Å²) in [6.45, 7) is 6.01. The maximum absolute atomic E-state index is 13.3. The van der Waals surface area contributed by atoms with E-state index >= 15 is 0 Å². The number of hydrogen-bond donors (Lipinski definition) is 1. The molecular formula is C31H32N2O4. The number of benzene rings is 3. The molecule has 0 spiro atoms. The van der Waals surface area contributed by atoms with E-state index in [1.807, 2.05) is 79.7 Å². The molecule has 0 aromatic heterocycles. The predicted molar refractivity (Wildman–Crippen MR) is 142 cm³/mol. The Morgan fingerprint density at radius 1 is 1.00 bits per heavy atom.